The summed E-state index contributed by atoms with van der Waals surface area (Å²) in [5, 5.41) is 10.4. The molecule has 0 aliphatic heterocycles. The quantitative estimate of drug-likeness (QED) is 0.848. The highest BCUT2D eigenvalue weighted by atomic mass is 35.5. The summed E-state index contributed by atoms with van der Waals surface area (Å²) in [4.78, 5) is 13.4. The fourth-order valence-corrected chi connectivity index (χ4v) is 2.09. The van der Waals surface area contributed by atoms with Gasteiger partial charge in [-0.05, 0) is 37.2 Å². The Balaban J connectivity index is 0.00000324. The molecule has 0 heterocycles. The monoisotopic (exact) mass is 306 g/mol. The topological polar surface area (TPSA) is 66.6 Å². The molecule has 3 N–H and O–H groups in total. The molecule has 4 nitrogen and oxygen atoms in total. The molecule has 6 heteroatoms. The average molecular weight is 307 g/mol. The predicted molar refractivity (Wildman–Crippen MR) is 80.4 cm³/mol. The van der Waals surface area contributed by atoms with Crippen molar-refractivity contribution in [3.05, 3.63) is 28.3 Å². The number of phenols is 1. The van der Waals surface area contributed by atoms with Crippen LogP contribution in [0.1, 0.15) is 29.8 Å². The third kappa shape index (κ3) is 4.90. The molecule has 1 aromatic rings. The van der Waals surface area contributed by atoms with Gasteiger partial charge in [0, 0.05) is 11.6 Å². The van der Waals surface area contributed by atoms with Crippen molar-refractivity contribution in [2.24, 2.45) is 5.73 Å². The molecular weight excluding hydrogens is 287 g/mol. The number of halogens is 2. The minimum Gasteiger partial charge on any atom is -0.507 e. The summed E-state index contributed by atoms with van der Waals surface area (Å²) in [6.07, 6.45) is 0.633. The first kappa shape index (κ1) is 18.0. The van der Waals surface area contributed by atoms with E-state index in [1.807, 2.05) is 0 Å². The van der Waals surface area contributed by atoms with Crippen molar-refractivity contribution >= 4 is 29.9 Å². The summed E-state index contributed by atoms with van der Waals surface area (Å²) in [6, 6.07) is 3.06. The third-order valence-corrected chi connectivity index (χ3v) is 3.23. The maximum atomic E-state index is 11.2. The summed E-state index contributed by atoms with van der Waals surface area (Å²) < 4.78 is 0. The molecule has 1 rings (SSSR count). The summed E-state index contributed by atoms with van der Waals surface area (Å²) in [5.74, 6) is -0.724. The first-order valence-corrected chi connectivity index (χ1v) is 6.40. The van der Waals surface area contributed by atoms with E-state index in [0.717, 1.165) is 19.6 Å². The second kappa shape index (κ2) is 8.25. The van der Waals surface area contributed by atoms with Gasteiger partial charge in [-0.2, -0.15) is 0 Å². The number of primary amides is 1. The Morgan fingerprint density at radius 2 is 1.95 bits per heavy atom. The van der Waals surface area contributed by atoms with Gasteiger partial charge >= 0.3 is 0 Å². The largest absolute Gasteiger partial charge is 0.507 e. The van der Waals surface area contributed by atoms with Gasteiger partial charge in [0.25, 0.3) is 5.91 Å². The Labute approximate surface area is 124 Å². The number of hydrogen-bond donors (Lipinski definition) is 2. The molecule has 0 radical (unpaired) electrons. The van der Waals surface area contributed by atoms with Crippen molar-refractivity contribution in [1.29, 1.82) is 0 Å². The van der Waals surface area contributed by atoms with E-state index in [0.29, 0.717) is 17.0 Å². The van der Waals surface area contributed by atoms with Gasteiger partial charge in [0.1, 0.15) is 5.75 Å². The SMILES string of the molecule is CCN(CC)CCc1cc(Cl)cc(C(N)=O)c1O.Cl. The zero-order valence-electron chi connectivity index (χ0n) is 11.1. The number of likely N-dealkylation sites (N-methyl/N-ethyl adjacent to an activating group) is 1. The van der Waals surface area contributed by atoms with Gasteiger partial charge < -0.3 is 15.7 Å². The lowest BCUT2D eigenvalue weighted by Gasteiger charge is -2.18. The van der Waals surface area contributed by atoms with Crippen LogP contribution < -0.4 is 5.73 Å². The normalized spacial score (nSPS) is 10.3. The number of nitrogens with two attached hydrogens (primary N) is 1. The van der Waals surface area contributed by atoms with Crippen LogP contribution in [-0.4, -0.2) is 35.5 Å². The number of nitrogens with zero attached hydrogens (tertiary/aromatic N) is 1. The number of aromatic hydroxyl groups is 1. The molecule has 0 atom stereocenters. The predicted octanol–water partition coefficient (Wildman–Crippen LogP) is 2.45. The molecule has 0 aliphatic rings. The maximum absolute atomic E-state index is 11.2. The standard InChI is InChI=1S/C13H19ClN2O2.ClH/c1-3-16(4-2)6-5-9-7-10(14)8-11(12(9)17)13(15)18;/h7-8,17H,3-6H2,1-2H3,(H2,15,18);1H. The fourth-order valence-electron chi connectivity index (χ4n) is 1.85. The van der Waals surface area contributed by atoms with Crippen LogP contribution in [0, 0.1) is 0 Å². The third-order valence-electron chi connectivity index (χ3n) is 3.01. The molecule has 108 valence electrons. The van der Waals surface area contributed by atoms with Crippen LogP contribution in [0.25, 0.3) is 0 Å². The van der Waals surface area contributed by atoms with E-state index in [1.54, 1.807) is 6.07 Å². The van der Waals surface area contributed by atoms with E-state index < -0.39 is 5.91 Å². The Morgan fingerprint density at radius 3 is 2.42 bits per heavy atom. The number of carbonyl (C=O) groups excluding carboxylic acids is 1. The first-order valence-electron chi connectivity index (χ1n) is 6.03. The summed E-state index contributed by atoms with van der Waals surface area (Å²) in [7, 11) is 0. The zero-order valence-corrected chi connectivity index (χ0v) is 12.7. The molecule has 0 bridgehead atoms. The Morgan fingerprint density at radius 1 is 1.37 bits per heavy atom. The summed E-state index contributed by atoms with van der Waals surface area (Å²) >= 11 is 5.92. The van der Waals surface area contributed by atoms with Crippen LogP contribution in [0.2, 0.25) is 5.02 Å². The van der Waals surface area contributed by atoms with Crippen molar-refractivity contribution in [3.63, 3.8) is 0 Å². The fraction of sp³-hybridized carbons (Fsp3) is 0.462. The Kier molecular flexibility index (Phi) is 7.83. The number of carbonyl (C=O) groups is 1. The minimum atomic E-state index is -0.668. The van der Waals surface area contributed by atoms with Gasteiger partial charge in [-0.25, -0.2) is 0 Å². The highest BCUT2D eigenvalue weighted by molar-refractivity contribution is 6.31. The highest BCUT2D eigenvalue weighted by Gasteiger charge is 2.14. The summed E-state index contributed by atoms with van der Waals surface area (Å²) in [6.45, 7) is 6.85. The molecule has 0 saturated heterocycles. The van der Waals surface area contributed by atoms with Gasteiger partial charge in [-0.3, -0.25) is 4.79 Å². The van der Waals surface area contributed by atoms with E-state index in [4.69, 9.17) is 17.3 Å². The van der Waals surface area contributed by atoms with E-state index >= 15 is 0 Å². The van der Waals surface area contributed by atoms with Crippen molar-refractivity contribution in [2.45, 2.75) is 20.3 Å². The van der Waals surface area contributed by atoms with Gasteiger partial charge in [0.15, 0.2) is 0 Å². The molecule has 1 amide bonds. The molecular formula is C13H20Cl2N2O2. The lowest BCUT2D eigenvalue weighted by molar-refractivity contribution is 0.0997. The molecule has 19 heavy (non-hydrogen) atoms. The summed E-state index contributed by atoms with van der Waals surface area (Å²) in [5.41, 5.74) is 5.93. The van der Waals surface area contributed by atoms with Crippen LogP contribution in [0.15, 0.2) is 12.1 Å². The number of rotatable bonds is 6. The smallest absolute Gasteiger partial charge is 0.252 e. The van der Waals surface area contributed by atoms with Gasteiger partial charge in [-0.1, -0.05) is 25.4 Å². The molecule has 0 fully saturated rings. The Hall–Kier alpha value is -0.970. The van der Waals surface area contributed by atoms with Gasteiger partial charge in [-0.15, -0.1) is 12.4 Å². The van der Waals surface area contributed by atoms with Crippen molar-refractivity contribution in [1.82, 2.24) is 4.90 Å². The Bertz CT molecular complexity index is 435. The van der Waals surface area contributed by atoms with Crippen molar-refractivity contribution in [3.8, 4) is 5.75 Å². The molecule has 0 unspecified atom stereocenters. The van der Waals surface area contributed by atoms with Crippen molar-refractivity contribution < 1.29 is 9.90 Å². The lowest BCUT2D eigenvalue weighted by atomic mass is 10.1. The lowest BCUT2D eigenvalue weighted by Crippen LogP contribution is -2.25. The second-order valence-electron chi connectivity index (χ2n) is 4.10. The molecule has 0 aliphatic carbocycles. The maximum Gasteiger partial charge on any atom is 0.252 e. The van der Waals surface area contributed by atoms with Crippen LogP contribution >= 0.6 is 24.0 Å². The van der Waals surface area contributed by atoms with E-state index in [9.17, 15) is 9.90 Å². The van der Waals surface area contributed by atoms with Crippen LogP contribution in [-0.2, 0) is 6.42 Å². The average Bonchev–Trinajstić information content (AvgIpc) is 2.33. The van der Waals surface area contributed by atoms with Crippen LogP contribution in [0.5, 0.6) is 5.75 Å². The number of benzene rings is 1. The first-order chi connectivity index (χ1) is 8.49. The minimum absolute atomic E-state index is 0. The highest BCUT2D eigenvalue weighted by Crippen LogP contribution is 2.27. The molecule has 0 saturated carbocycles. The van der Waals surface area contributed by atoms with E-state index in [1.165, 1.54) is 6.07 Å². The molecule has 0 spiro atoms. The van der Waals surface area contributed by atoms with Crippen molar-refractivity contribution in [2.75, 3.05) is 19.6 Å². The van der Waals surface area contributed by atoms with Gasteiger partial charge in [0.2, 0.25) is 0 Å². The van der Waals surface area contributed by atoms with Crippen LogP contribution in [0.4, 0.5) is 0 Å². The van der Waals surface area contributed by atoms with Crippen LogP contribution in [0.3, 0.4) is 0 Å². The van der Waals surface area contributed by atoms with E-state index in [2.05, 4.69) is 18.7 Å². The van der Waals surface area contributed by atoms with E-state index in [-0.39, 0.29) is 23.7 Å². The molecule has 0 aromatic heterocycles. The zero-order chi connectivity index (χ0) is 13.7. The second-order valence-corrected chi connectivity index (χ2v) is 4.54. The number of hydrogen-bond acceptors (Lipinski definition) is 3. The number of amides is 1. The van der Waals surface area contributed by atoms with Gasteiger partial charge in [0.05, 0.1) is 5.56 Å². The molecule has 1 aromatic carbocycles.